The van der Waals surface area contributed by atoms with E-state index in [-0.39, 0.29) is 11.3 Å². The van der Waals surface area contributed by atoms with Crippen LogP contribution in [-0.4, -0.2) is 19.1 Å². The van der Waals surface area contributed by atoms with Crippen LogP contribution in [0.5, 0.6) is 5.75 Å². The summed E-state index contributed by atoms with van der Waals surface area (Å²) >= 11 is 0. The summed E-state index contributed by atoms with van der Waals surface area (Å²) in [5.41, 5.74) is 1.53. The highest BCUT2D eigenvalue weighted by Gasteiger charge is 2.44. The van der Waals surface area contributed by atoms with Gasteiger partial charge in [-0.15, -0.1) is 0 Å². The Morgan fingerprint density at radius 1 is 1.33 bits per heavy atom. The fraction of sp³-hybridized carbons (Fsp3) is 0.611. The van der Waals surface area contributed by atoms with Crippen molar-refractivity contribution >= 4 is 5.91 Å². The minimum Gasteiger partial charge on any atom is -0.494 e. The third kappa shape index (κ3) is 2.78. The molecule has 114 valence electrons. The Labute approximate surface area is 127 Å². The van der Waals surface area contributed by atoms with Crippen LogP contribution in [-0.2, 0) is 10.2 Å². The zero-order chi connectivity index (χ0) is 14.7. The van der Waals surface area contributed by atoms with Crippen LogP contribution in [0.2, 0.25) is 0 Å². The molecule has 1 heterocycles. The number of hydrogen-bond donors (Lipinski definition) is 1. The van der Waals surface area contributed by atoms with Gasteiger partial charge in [0, 0.05) is 18.4 Å². The normalized spacial score (nSPS) is 29.2. The van der Waals surface area contributed by atoms with Crippen molar-refractivity contribution in [2.45, 2.75) is 50.9 Å². The second-order valence-corrected chi connectivity index (χ2v) is 6.36. The quantitative estimate of drug-likeness (QED) is 0.925. The molecule has 1 amide bonds. The summed E-state index contributed by atoms with van der Waals surface area (Å²) in [5, 5.41) is 3.07. The van der Waals surface area contributed by atoms with Crippen molar-refractivity contribution in [1.29, 1.82) is 0 Å². The maximum atomic E-state index is 11.9. The van der Waals surface area contributed by atoms with Crippen LogP contribution in [0.1, 0.15) is 51.0 Å². The largest absolute Gasteiger partial charge is 0.494 e. The van der Waals surface area contributed by atoms with Crippen LogP contribution < -0.4 is 10.1 Å². The lowest BCUT2D eigenvalue weighted by atomic mass is 9.60. The predicted molar refractivity (Wildman–Crippen MR) is 83.5 cm³/mol. The van der Waals surface area contributed by atoms with E-state index in [1.54, 1.807) is 0 Å². The number of benzene rings is 1. The average molecular weight is 287 g/mol. The molecule has 0 spiro atoms. The second kappa shape index (κ2) is 6.08. The number of fused-ring (bicyclic) bond motifs is 1. The van der Waals surface area contributed by atoms with Gasteiger partial charge in [-0.25, -0.2) is 0 Å². The topological polar surface area (TPSA) is 38.3 Å². The maximum absolute atomic E-state index is 11.9. The van der Waals surface area contributed by atoms with E-state index in [1.807, 2.05) is 13.0 Å². The Bertz CT molecular complexity index is 514. The third-order valence-electron chi connectivity index (χ3n) is 5.25. The predicted octanol–water partition coefficient (Wildman–Crippen LogP) is 3.42. The fourth-order valence-electron chi connectivity index (χ4n) is 4.25. The van der Waals surface area contributed by atoms with Gasteiger partial charge in [0.25, 0.3) is 0 Å². The Balaban J connectivity index is 1.98. The molecule has 0 aromatic heterocycles. The Morgan fingerprint density at radius 3 is 3.10 bits per heavy atom. The molecule has 1 N–H and O–H groups in total. The van der Waals surface area contributed by atoms with E-state index in [1.165, 1.54) is 31.2 Å². The van der Waals surface area contributed by atoms with Gasteiger partial charge in [-0.3, -0.25) is 4.79 Å². The van der Waals surface area contributed by atoms with Gasteiger partial charge >= 0.3 is 0 Å². The molecule has 3 heteroatoms. The lowest BCUT2D eigenvalue weighted by molar-refractivity contribution is -0.121. The number of amides is 1. The molecule has 0 radical (unpaired) electrons. The van der Waals surface area contributed by atoms with Crippen molar-refractivity contribution < 1.29 is 9.53 Å². The minimum absolute atomic E-state index is 0.157. The first-order valence-corrected chi connectivity index (χ1v) is 8.24. The molecule has 0 bridgehead atoms. The molecule has 2 aliphatic rings. The molecule has 2 fully saturated rings. The Morgan fingerprint density at radius 2 is 2.24 bits per heavy atom. The monoisotopic (exact) mass is 287 g/mol. The first kappa shape index (κ1) is 14.4. The van der Waals surface area contributed by atoms with Crippen molar-refractivity contribution in [3.05, 3.63) is 29.8 Å². The lowest BCUT2D eigenvalue weighted by Crippen LogP contribution is -2.38. The summed E-state index contributed by atoms with van der Waals surface area (Å²) in [4.78, 5) is 11.9. The highest BCUT2D eigenvalue weighted by Crippen LogP contribution is 2.49. The van der Waals surface area contributed by atoms with Crippen molar-refractivity contribution in [2.24, 2.45) is 5.92 Å². The smallest absolute Gasteiger partial charge is 0.220 e. The number of nitrogens with one attached hydrogen (secondary N) is 1. The first-order chi connectivity index (χ1) is 10.2. The van der Waals surface area contributed by atoms with E-state index in [0.29, 0.717) is 18.9 Å². The molecule has 1 aliphatic heterocycles. The molecule has 21 heavy (non-hydrogen) atoms. The molecule has 1 aromatic rings. The molecule has 3 nitrogen and oxygen atoms in total. The number of ether oxygens (including phenoxy) is 1. The van der Waals surface area contributed by atoms with Gasteiger partial charge < -0.3 is 10.1 Å². The molecule has 1 saturated heterocycles. The Hall–Kier alpha value is -1.51. The number of carbonyl (C=O) groups is 1. The first-order valence-electron chi connectivity index (χ1n) is 8.24. The van der Waals surface area contributed by atoms with E-state index in [0.717, 1.165) is 18.7 Å². The third-order valence-corrected chi connectivity index (χ3v) is 5.25. The van der Waals surface area contributed by atoms with Gasteiger partial charge in [-0.1, -0.05) is 25.0 Å². The molecular formula is C18H25NO2. The fourth-order valence-corrected chi connectivity index (χ4v) is 4.25. The summed E-state index contributed by atoms with van der Waals surface area (Å²) < 4.78 is 5.68. The van der Waals surface area contributed by atoms with Gasteiger partial charge in [0.2, 0.25) is 5.91 Å². The zero-order valence-electron chi connectivity index (χ0n) is 12.9. The van der Waals surface area contributed by atoms with Crippen LogP contribution in [0.4, 0.5) is 0 Å². The van der Waals surface area contributed by atoms with Crippen molar-refractivity contribution in [1.82, 2.24) is 5.32 Å². The number of carbonyl (C=O) groups excluding carboxylic acids is 1. The van der Waals surface area contributed by atoms with Crippen molar-refractivity contribution in [2.75, 3.05) is 13.2 Å². The van der Waals surface area contributed by atoms with E-state index >= 15 is 0 Å². The summed E-state index contributed by atoms with van der Waals surface area (Å²) in [5.74, 6) is 1.66. The molecule has 1 saturated carbocycles. The summed E-state index contributed by atoms with van der Waals surface area (Å²) in [6, 6.07) is 8.57. The van der Waals surface area contributed by atoms with E-state index < -0.39 is 0 Å². The van der Waals surface area contributed by atoms with E-state index in [4.69, 9.17) is 4.74 Å². The highest BCUT2D eigenvalue weighted by molar-refractivity contribution is 5.76. The van der Waals surface area contributed by atoms with Crippen molar-refractivity contribution in [3.8, 4) is 5.75 Å². The lowest BCUT2D eigenvalue weighted by Gasteiger charge is -2.43. The molecule has 2 unspecified atom stereocenters. The average Bonchev–Trinajstić information content (AvgIpc) is 2.66. The van der Waals surface area contributed by atoms with Gasteiger partial charge in [-0.2, -0.15) is 0 Å². The second-order valence-electron chi connectivity index (χ2n) is 6.36. The van der Waals surface area contributed by atoms with Gasteiger partial charge in [0.05, 0.1) is 6.61 Å². The number of rotatable bonds is 3. The van der Waals surface area contributed by atoms with Gasteiger partial charge in [0.1, 0.15) is 5.75 Å². The van der Waals surface area contributed by atoms with E-state index in [9.17, 15) is 4.79 Å². The van der Waals surface area contributed by atoms with Gasteiger partial charge in [0.15, 0.2) is 0 Å². The Kier molecular flexibility index (Phi) is 4.18. The molecular weight excluding hydrogens is 262 g/mol. The minimum atomic E-state index is 0.157. The number of hydrogen-bond acceptors (Lipinski definition) is 2. The van der Waals surface area contributed by atoms with Crippen LogP contribution in [0.3, 0.4) is 0 Å². The van der Waals surface area contributed by atoms with Crippen LogP contribution in [0.15, 0.2) is 24.3 Å². The standard InChI is InChI=1S/C18H25NO2/c1-2-21-16-8-5-7-14(12-16)18-9-4-3-6-15(18)13-17(20)19-11-10-18/h5,7-8,12,15H,2-4,6,9-11,13H2,1H3,(H,19,20). The van der Waals surface area contributed by atoms with E-state index in [2.05, 4.69) is 23.5 Å². The van der Waals surface area contributed by atoms with Gasteiger partial charge in [-0.05, 0) is 49.8 Å². The van der Waals surface area contributed by atoms with Crippen LogP contribution in [0, 0.1) is 5.92 Å². The summed E-state index contributed by atoms with van der Waals surface area (Å²) in [6.07, 6.45) is 6.63. The molecule has 1 aliphatic carbocycles. The maximum Gasteiger partial charge on any atom is 0.220 e. The highest BCUT2D eigenvalue weighted by atomic mass is 16.5. The summed E-state index contributed by atoms with van der Waals surface area (Å²) in [6.45, 7) is 3.51. The SMILES string of the molecule is CCOc1cccc(C23CCCCC2CC(=O)NCC3)c1. The van der Waals surface area contributed by atoms with Crippen molar-refractivity contribution in [3.63, 3.8) is 0 Å². The molecule has 3 rings (SSSR count). The summed E-state index contributed by atoms with van der Waals surface area (Å²) in [7, 11) is 0. The zero-order valence-corrected chi connectivity index (χ0v) is 12.9. The van der Waals surface area contributed by atoms with Crippen LogP contribution >= 0.6 is 0 Å². The molecule has 1 aromatic carbocycles. The van der Waals surface area contributed by atoms with Crippen LogP contribution in [0.25, 0.3) is 0 Å². The molecule has 2 atom stereocenters.